The molecule has 0 radical (unpaired) electrons. The maximum absolute atomic E-state index is 12.0. The number of hydrogen-bond donors (Lipinski definition) is 1. The predicted molar refractivity (Wildman–Crippen MR) is 104 cm³/mol. The molecule has 1 amide bonds. The fourth-order valence-electron chi connectivity index (χ4n) is 4.14. The Morgan fingerprint density at radius 2 is 1.96 bits per heavy atom. The number of hydrogen-bond acceptors (Lipinski definition) is 6. The minimum absolute atomic E-state index is 0.178. The summed E-state index contributed by atoms with van der Waals surface area (Å²) < 4.78 is 0. The molecule has 0 bridgehead atoms. The van der Waals surface area contributed by atoms with Crippen LogP contribution in [0.1, 0.15) is 36.1 Å². The zero-order valence-corrected chi connectivity index (χ0v) is 15.9. The molecule has 1 saturated heterocycles. The fraction of sp³-hybridized carbons (Fsp3) is 0.632. The van der Waals surface area contributed by atoms with E-state index in [-0.39, 0.29) is 5.91 Å². The van der Waals surface area contributed by atoms with E-state index in [4.69, 9.17) is 0 Å². The molecule has 3 aliphatic rings. The Morgan fingerprint density at radius 1 is 1.15 bits per heavy atom. The summed E-state index contributed by atoms with van der Waals surface area (Å²) in [6.07, 6.45) is 8.94. The van der Waals surface area contributed by atoms with Gasteiger partial charge in [-0.15, -0.1) is 11.3 Å². The Morgan fingerprint density at radius 3 is 2.77 bits per heavy atom. The number of amides is 1. The first kappa shape index (κ1) is 16.4. The molecule has 6 nitrogen and oxygen atoms in total. The normalized spacial score (nSPS) is 21.0. The van der Waals surface area contributed by atoms with Gasteiger partial charge in [0.05, 0.1) is 11.9 Å². The van der Waals surface area contributed by atoms with Crippen molar-refractivity contribution in [3.63, 3.8) is 0 Å². The number of piperazine rings is 1. The Kier molecular flexibility index (Phi) is 4.29. The van der Waals surface area contributed by atoms with Gasteiger partial charge in [-0.25, -0.2) is 9.97 Å². The minimum Gasteiger partial charge on any atom is -0.353 e. The second kappa shape index (κ2) is 6.78. The second-order valence-corrected chi connectivity index (χ2v) is 8.78. The summed E-state index contributed by atoms with van der Waals surface area (Å²) in [4.78, 5) is 28.6. The van der Waals surface area contributed by atoms with Crippen LogP contribution in [0.4, 0.5) is 5.82 Å². The van der Waals surface area contributed by atoms with Gasteiger partial charge in [0.2, 0.25) is 5.91 Å². The van der Waals surface area contributed by atoms with E-state index in [9.17, 15) is 4.79 Å². The third kappa shape index (κ3) is 3.18. The average molecular weight is 372 g/mol. The van der Waals surface area contributed by atoms with Crippen LogP contribution in [0.5, 0.6) is 0 Å². The second-order valence-electron chi connectivity index (χ2n) is 7.69. The van der Waals surface area contributed by atoms with E-state index in [2.05, 4.69) is 25.1 Å². The van der Waals surface area contributed by atoms with Crippen molar-refractivity contribution in [1.82, 2.24) is 20.2 Å². The molecular formula is C19H25N5OS. The highest BCUT2D eigenvalue weighted by atomic mass is 32.1. The largest absolute Gasteiger partial charge is 0.353 e. The molecule has 2 fully saturated rings. The van der Waals surface area contributed by atoms with Crippen molar-refractivity contribution in [3.05, 3.63) is 16.8 Å². The number of anilines is 1. The van der Waals surface area contributed by atoms with Crippen molar-refractivity contribution >= 4 is 33.3 Å². The summed E-state index contributed by atoms with van der Waals surface area (Å²) in [5.74, 6) is 1.29. The lowest BCUT2D eigenvalue weighted by Crippen LogP contribution is -2.50. The Labute approximate surface area is 157 Å². The number of nitrogens with one attached hydrogen (secondary N) is 1. The van der Waals surface area contributed by atoms with Gasteiger partial charge in [-0.3, -0.25) is 9.69 Å². The van der Waals surface area contributed by atoms with Gasteiger partial charge in [0.1, 0.15) is 17.0 Å². The fourth-order valence-corrected chi connectivity index (χ4v) is 5.36. The predicted octanol–water partition coefficient (Wildman–Crippen LogP) is 1.97. The van der Waals surface area contributed by atoms with Crippen molar-refractivity contribution < 1.29 is 4.79 Å². The van der Waals surface area contributed by atoms with Crippen molar-refractivity contribution in [1.29, 1.82) is 0 Å². The van der Waals surface area contributed by atoms with E-state index >= 15 is 0 Å². The highest BCUT2D eigenvalue weighted by molar-refractivity contribution is 7.19. The molecule has 0 spiro atoms. The van der Waals surface area contributed by atoms with Crippen LogP contribution < -0.4 is 10.2 Å². The summed E-state index contributed by atoms with van der Waals surface area (Å²) in [5, 5.41) is 4.38. The number of rotatable bonds is 4. The zero-order valence-electron chi connectivity index (χ0n) is 15.0. The van der Waals surface area contributed by atoms with Gasteiger partial charge in [0.25, 0.3) is 0 Å². The summed E-state index contributed by atoms with van der Waals surface area (Å²) in [6.45, 7) is 4.20. The van der Waals surface area contributed by atoms with Gasteiger partial charge in [0, 0.05) is 37.1 Å². The lowest BCUT2D eigenvalue weighted by atomic mass is 9.97. The maximum atomic E-state index is 12.0. The number of thiophene rings is 1. The molecule has 0 atom stereocenters. The quantitative estimate of drug-likeness (QED) is 0.890. The van der Waals surface area contributed by atoms with E-state index in [1.54, 1.807) is 6.33 Å². The van der Waals surface area contributed by atoms with Crippen LogP contribution in [0.25, 0.3) is 10.2 Å². The number of fused-ring (bicyclic) bond motifs is 3. The summed E-state index contributed by atoms with van der Waals surface area (Å²) in [6, 6.07) is 0.447. The third-order valence-electron chi connectivity index (χ3n) is 5.71. The topological polar surface area (TPSA) is 61.4 Å². The Hall–Kier alpha value is -1.73. The molecule has 1 saturated carbocycles. The summed E-state index contributed by atoms with van der Waals surface area (Å²) >= 11 is 1.86. The Bertz CT molecular complexity index is 823. The number of carbonyl (C=O) groups excluding carboxylic acids is 1. The van der Waals surface area contributed by atoms with Gasteiger partial charge >= 0.3 is 0 Å². The molecule has 3 heterocycles. The van der Waals surface area contributed by atoms with E-state index in [0.717, 1.165) is 56.1 Å². The van der Waals surface area contributed by atoms with Crippen molar-refractivity contribution in [3.8, 4) is 0 Å². The molecule has 1 N–H and O–H groups in total. The summed E-state index contributed by atoms with van der Waals surface area (Å²) in [5.41, 5.74) is 1.50. The van der Waals surface area contributed by atoms with Crippen LogP contribution in [0, 0.1) is 0 Å². The van der Waals surface area contributed by atoms with Gasteiger partial charge in [0.15, 0.2) is 0 Å². The Balaban J connectivity index is 1.30. The summed E-state index contributed by atoms with van der Waals surface area (Å²) in [7, 11) is 0. The minimum atomic E-state index is 0.178. The SMILES string of the molecule is O=C(CN1CCN(c2ncnc3sc4c(c23)CCCC4)CC1)NC1CC1. The smallest absolute Gasteiger partial charge is 0.234 e. The zero-order chi connectivity index (χ0) is 17.5. The molecule has 1 aliphatic heterocycles. The maximum Gasteiger partial charge on any atom is 0.234 e. The van der Waals surface area contributed by atoms with Crippen LogP contribution in [-0.4, -0.2) is 59.5 Å². The van der Waals surface area contributed by atoms with Crippen molar-refractivity contribution in [2.45, 2.75) is 44.6 Å². The standard InChI is InChI=1S/C19H25N5OS/c25-16(22-13-5-6-13)11-23-7-9-24(10-8-23)18-17-14-3-1-2-4-15(14)26-19(17)21-12-20-18/h12-13H,1-11H2,(H,22,25). The molecule has 2 aliphatic carbocycles. The molecule has 5 rings (SSSR count). The van der Waals surface area contributed by atoms with Gasteiger partial charge < -0.3 is 10.2 Å². The molecule has 0 unspecified atom stereocenters. The first-order chi connectivity index (χ1) is 12.8. The van der Waals surface area contributed by atoms with Crippen LogP contribution >= 0.6 is 11.3 Å². The van der Waals surface area contributed by atoms with E-state index in [1.165, 1.54) is 35.1 Å². The van der Waals surface area contributed by atoms with E-state index in [0.29, 0.717) is 12.6 Å². The van der Waals surface area contributed by atoms with Crippen LogP contribution in [-0.2, 0) is 17.6 Å². The first-order valence-corrected chi connectivity index (χ1v) is 10.6. The van der Waals surface area contributed by atoms with Crippen LogP contribution in [0.3, 0.4) is 0 Å². The number of nitrogens with zero attached hydrogens (tertiary/aromatic N) is 4. The van der Waals surface area contributed by atoms with Crippen LogP contribution in [0.15, 0.2) is 6.33 Å². The molecule has 7 heteroatoms. The van der Waals surface area contributed by atoms with E-state index < -0.39 is 0 Å². The first-order valence-electron chi connectivity index (χ1n) is 9.80. The molecule has 138 valence electrons. The number of carbonyl (C=O) groups is 1. The molecular weight excluding hydrogens is 346 g/mol. The highest BCUT2D eigenvalue weighted by Crippen LogP contribution is 2.39. The number of aryl methyl sites for hydroxylation is 2. The lowest BCUT2D eigenvalue weighted by molar-refractivity contribution is -0.122. The molecule has 2 aromatic heterocycles. The number of aromatic nitrogens is 2. The van der Waals surface area contributed by atoms with Gasteiger partial charge in [-0.2, -0.15) is 0 Å². The third-order valence-corrected chi connectivity index (χ3v) is 6.91. The van der Waals surface area contributed by atoms with Gasteiger partial charge in [-0.1, -0.05) is 0 Å². The lowest BCUT2D eigenvalue weighted by Gasteiger charge is -2.35. The molecule has 2 aromatic rings. The van der Waals surface area contributed by atoms with Gasteiger partial charge in [-0.05, 0) is 44.1 Å². The van der Waals surface area contributed by atoms with Crippen molar-refractivity contribution in [2.75, 3.05) is 37.6 Å². The average Bonchev–Trinajstić information content (AvgIpc) is 3.38. The monoisotopic (exact) mass is 371 g/mol. The van der Waals surface area contributed by atoms with Crippen molar-refractivity contribution in [2.24, 2.45) is 0 Å². The van der Waals surface area contributed by atoms with E-state index in [1.807, 2.05) is 11.3 Å². The highest BCUT2D eigenvalue weighted by Gasteiger charge is 2.27. The molecule has 26 heavy (non-hydrogen) atoms. The molecule has 0 aromatic carbocycles. The van der Waals surface area contributed by atoms with Crippen LogP contribution in [0.2, 0.25) is 0 Å².